The van der Waals surface area contributed by atoms with Gasteiger partial charge in [-0.05, 0) is 81.4 Å². The molecule has 300 valence electrons. The van der Waals surface area contributed by atoms with Gasteiger partial charge >= 0.3 is 0 Å². The van der Waals surface area contributed by atoms with Crippen molar-refractivity contribution in [3.63, 3.8) is 0 Å². The van der Waals surface area contributed by atoms with Gasteiger partial charge in [0.1, 0.15) is 0 Å². The van der Waals surface area contributed by atoms with E-state index in [4.69, 9.17) is 0 Å². The van der Waals surface area contributed by atoms with Crippen LogP contribution in [-0.2, 0) is 0 Å². The third kappa shape index (κ3) is 5.27. The van der Waals surface area contributed by atoms with E-state index in [0.717, 1.165) is 17.1 Å². The molecule has 0 radical (unpaired) electrons. The van der Waals surface area contributed by atoms with Gasteiger partial charge in [-0.15, -0.1) is 0 Å². The van der Waals surface area contributed by atoms with Gasteiger partial charge in [-0.25, -0.2) is 0 Å². The summed E-state index contributed by atoms with van der Waals surface area (Å²) in [5, 5.41) is 12.9. The zero-order valence-electron chi connectivity index (χ0n) is 35.0. The molecule has 3 nitrogen and oxygen atoms in total. The normalized spacial score (nSPS) is 12.1. The van der Waals surface area contributed by atoms with Crippen LogP contribution in [0.1, 0.15) is 0 Å². The first kappa shape index (κ1) is 36.5. The maximum Gasteiger partial charge on any atom is 0.179 e. The lowest BCUT2D eigenvalue weighted by molar-refractivity contribution is 1.13. The first-order valence-electron chi connectivity index (χ1n) is 22.1. The Hall–Kier alpha value is -8.18. The van der Waals surface area contributed by atoms with Crippen LogP contribution in [0.15, 0.2) is 249 Å². The molecule has 0 amide bonds. The van der Waals surface area contributed by atoms with Crippen LogP contribution in [0.4, 0.5) is 0 Å². The minimum atomic E-state index is -2.85. The standard InChI is InChI=1S/C60H41N3Si/c1-5-20-42(21-6-1)62-56-34-18-15-30-50(56)51-31-19-35-59(60(51)62)63-57-38-36-43(61-54-32-16-13-28-48(54)49-29-14-17-33-55(49)61)40-52(57)53-41-47(37-39-58(53)63)64(44-22-7-2-8-23-44,45-24-9-3-10-25-45)46-26-11-4-12-27-46/h1-41H. The summed E-state index contributed by atoms with van der Waals surface area (Å²) in [5.74, 6) is 0. The SMILES string of the molecule is c1ccc(-n2c3ccccc3c3cccc(-n4c5ccc(-n6c7ccccc7c7ccccc76)cc5c5cc([Si](c6ccccc6)(c6ccccc6)c6ccccc6)ccc54)c32)cc1. The van der Waals surface area contributed by atoms with E-state index < -0.39 is 8.07 Å². The Morgan fingerprint density at radius 1 is 0.234 bits per heavy atom. The summed E-state index contributed by atoms with van der Waals surface area (Å²) in [6, 6.07) is 92.4. The van der Waals surface area contributed by atoms with Crippen LogP contribution < -0.4 is 20.7 Å². The van der Waals surface area contributed by atoms with Crippen molar-refractivity contribution in [2.24, 2.45) is 0 Å². The Kier molecular flexibility index (Phi) is 8.23. The lowest BCUT2D eigenvalue weighted by Gasteiger charge is -2.34. The number of benzene rings is 10. The van der Waals surface area contributed by atoms with Crippen molar-refractivity contribution in [3.05, 3.63) is 249 Å². The second-order valence-corrected chi connectivity index (χ2v) is 20.7. The zero-order chi connectivity index (χ0) is 42.2. The van der Waals surface area contributed by atoms with Gasteiger partial charge in [-0.2, -0.15) is 0 Å². The molecule has 4 heteroatoms. The molecule has 10 aromatic carbocycles. The number of hydrogen-bond acceptors (Lipinski definition) is 0. The first-order valence-corrected chi connectivity index (χ1v) is 24.1. The maximum absolute atomic E-state index is 2.85. The van der Waals surface area contributed by atoms with Crippen molar-refractivity contribution < 1.29 is 0 Å². The fraction of sp³-hybridized carbons (Fsp3) is 0. The Morgan fingerprint density at radius 3 is 1.22 bits per heavy atom. The van der Waals surface area contributed by atoms with E-state index in [-0.39, 0.29) is 0 Å². The Labute approximate surface area is 372 Å². The third-order valence-corrected chi connectivity index (χ3v) is 18.3. The van der Waals surface area contributed by atoms with Crippen LogP contribution in [0.5, 0.6) is 0 Å². The highest BCUT2D eigenvalue weighted by atomic mass is 28.3. The van der Waals surface area contributed by atoms with Crippen LogP contribution in [-0.4, -0.2) is 21.8 Å². The van der Waals surface area contributed by atoms with Crippen LogP contribution in [0, 0.1) is 0 Å². The lowest BCUT2D eigenvalue weighted by atomic mass is 10.1. The highest BCUT2D eigenvalue weighted by Crippen LogP contribution is 2.41. The van der Waals surface area contributed by atoms with E-state index in [1.807, 2.05) is 0 Å². The smallest absolute Gasteiger partial charge is 0.179 e. The molecular formula is C60H41N3Si. The van der Waals surface area contributed by atoms with Crippen molar-refractivity contribution in [2.45, 2.75) is 0 Å². The molecular weight excluding hydrogens is 791 g/mol. The minimum absolute atomic E-state index is 1.14. The molecule has 0 N–H and O–H groups in total. The van der Waals surface area contributed by atoms with E-state index in [1.54, 1.807) is 0 Å². The summed E-state index contributed by atoms with van der Waals surface area (Å²) < 4.78 is 7.43. The topological polar surface area (TPSA) is 14.8 Å². The monoisotopic (exact) mass is 831 g/mol. The van der Waals surface area contributed by atoms with Crippen LogP contribution in [0.3, 0.4) is 0 Å². The average molecular weight is 832 g/mol. The van der Waals surface area contributed by atoms with Gasteiger partial charge in [0.25, 0.3) is 0 Å². The zero-order valence-corrected chi connectivity index (χ0v) is 36.0. The second-order valence-electron chi connectivity index (χ2n) is 16.8. The van der Waals surface area contributed by atoms with Crippen molar-refractivity contribution in [1.29, 1.82) is 0 Å². The highest BCUT2D eigenvalue weighted by molar-refractivity contribution is 7.20. The predicted molar refractivity (Wildman–Crippen MR) is 273 cm³/mol. The van der Waals surface area contributed by atoms with Gasteiger partial charge in [0.15, 0.2) is 8.07 Å². The minimum Gasteiger partial charge on any atom is -0.309 e. The molecule has 0 atom stereocenters. The molecule has 0 saturated carbocycles. The summed E-state index contributed by atoms with van der Waals surface area (Å²) >= 11 is 0. The Bertz CT molecular complexity index is 3730. The van der Waals surface area contributed by atoms with Gasteiger partial charge in [0, 0.05) is 43.7 Å². The van der Waals surface area contributed by atoms with E-state index in [9.17, 15) is 0 Å². The highest BCUT2D eigenvalue weighted by Gasteiger charge is 2.41. The Morgan fingerprint density at radius 2 is 0.656 bits per heavy atom. The Balaban J connectivity index is 1.18. The third-order valence-electron chi connectivity index (χ3n) is 13.6. The van der Waals surface area contributed by atoms with Gasteiger partial charge in [0.2, 0.25) is 0 Å². The number of rotatable bonds is 7. The van der Waals surface area contributed by atoms with Crippen molar-refractivity contribution in [3.8, 4) is 17.1 Å². The number of aromatic nitrogens is 3. The van der Waals surface area contributed by atoms with Gasteiger partial charge in [-0.3, -0.25) is 0 Å². The molecule has 13 aromatic rings. The quantitative estimate of drug-likeness (QED) is 0.112. The van der Waals surface area contributed by atoms with E-state index >= 15 is 0 Å². The number of fused-ring (bicyclic) bond motifs is 9. The van der Waals surface area contributed by atoms with Crippen LogP contribution in [0.2, 0.25) is 0 Å². The van der Waals surface area contributed by atoms with E-state index in [2.05, 4.69) is 262 Å². The molecule has 3 heterocycles. The first-order chi connectivity index (χ1) is 31.8. The molecule has 0 fully saturated rings. The van der Waals surface area contributed by atoms with Crippen LogP contribution >= 0.6 is 0 Å². The van der Waals surface area contributed by atoms with Crippen molar-refractivity contribution >= 4 is 94.2 Å². The molecule has 0 aliphatic carbocycles. The van der Waals surface area contributed by atoms with Gasteiger partial charge in [-0.1, -0.05) is 188 Å². The fourth-order valence-electron chi connectivity index (χ4n) is 10.9. The summed E-state index contributed by atoms with van der Waals surface area (Å²) in [4.78, 5) is 0. The van der Waals surface area contributed by atoms with E-state index in [1.165, 1.54) is 86.2 Å². The maximum atomic E-state index is 2.55. The van der Waals surface area contributed by atoms with Crippen LogP contribution in [0.25, 0.3) is 82.5 Å². The molecule has 0 spiro atoms. The van der Waals surface area contributed by atoms with E-state index in [0.29, 0.717) is 0 Å². The number of nitrogens with zero attached hydrogens (tertiary/aromatic N) is 3. The second kappa shape index (κ2) is 14.5. The fourth-order valence-corrected chi connectivity index (χ4v) is 15.7. The summed E-state index contributed by atoms with van der Waals surface area (Å²) in [6.07, 6.45) is 0. The summed E-state index contributed by atoms with van der Waals surface area (Å²) in [5.41, 5.74) is 10.6. The van der Waals surface area contributed by atoms with Crippen molar-refractivity contribution in [1.82, 2.24) is 13.7 Å². The molecule has 3 aromatic heterocycles. The average Bonchev–Trinajstić information content (AvgIpc) is 4.01. The molecule has 0 aliphatic heterocycles. The van der Waals surface area contributed by atoms with Gasteiger partial charge < -0.3 is 13.7 Å². The summed E-state index contributed by atoms with van der Waals surface area (Å²) in [7, 11) is -2.85. The molecule has 0 bridgehead atoms. The van der Waals surface area contributed by atoms with Gasteiger partial charge in [0.05, 0.1) is 38.8 Å². The molecule has 0 unspecified atom stereocenters. The largest absolute Gasteiger partial charge is 0.309 e. The molecule has 0 saturated heterocycles. The molecule has 64 heavy (non-hydrogen) atoms. The molecule has 13 rings (SSSR count). The predicted octanol–water partition coefficient (Wildman–Crippen LogP) is 12.4. The lowest BCUT2D eigenvalue weighted by Crippen LogP contribution is -2.74. The van der Waals surface area contributed by atoms with Crippen molar-refractivity contribution in [2.75, 3.05) is 0 Å². The molecule has 0 aliphatic rings. The number of para-hydroxylation sites is 5. The number of hydrogen-bond donors (Lipinski definition) is 0. The summed E-state index contributed by atoms with van der Waals surface area (Å²) in [6.45, 7) is 0.